The predicted molar refractivity (Wildman–Crippen MR) is 86.2 cm³/mol. The Labute approximate surface area is 134 Å². The predicted octanol–water partition coefficient (Wildman–Crippen LogP) is 2.79. The fourth-order valence-corrected chi connectivity index (χ4v) is 2.16. The van der Waals surface area contributed by atoms with Gasteiger partial charge in [0.2, 0.25) is 5.89 Å². The van der Waals surface area contributed by atoms with E-state index >= 15 is 0 Å². The Morgan fingerprint density at radius 1 is 1.22 bits per heavy atom. The van der Waals surface area contributed by atoms with Gasteiger partial charge in [-0.3, -0.25) is 4.68 Å². The minimum Gasteiger partial charge on any atom is -0.494 e. The number of hydrogen-bond acceptors (Lipinski definition) is 6. The van der Waals surface area contributed by atoms with Gasteiger partial charge in [0.15, 0.2) is 0 Å². The highest BCUT2D eigenvalue weighted by Gasteiger charge is 2.10. The van der Waals surface area contributed by atoms with Crippen molar-refractivity contribution >= 4 is 6.01 Å². The van der Waals surface area contributed by atoms with Gasteiger partial charge in [-0.15, -0.1) is 5.10 Å². The molecule has 0 saturated heterocycles. The first-order chi connectivity index (χ1) is 11.2. The van der Waals surface area contributed by atoms with Crippen molar-refractivity contribution in [3.63, 3.8) is 0 Å². The number of aryl methyl sites for hydroxylation is 1. The second-order valence-electron chi connectivity index (χ2n) is 5.10. The second kappa shape index (κ2) is 6.51. The number of anilines is 1. The summed E-state index contributed by atoms with van der Waals surface area (Å²) in [4.78, 5) is 0. The summed E-state index contributed by atoms with van der Waals surface area (Å²) in [5.41, 5.74) is 3.05. The molecule has 120 valence electrons. The van der Waals surface area contributed by atoms with Crippen molar-refractivity contribution in [2.24, 2.45) is 7.05 Å². The molecule has 0 bridgehead atoms. The van der Waals surface area contributed by atoms with Crippen LogP contribution in [0.15, 0.2) is 34.9 Å². The Morgan fingerprint density at radius 2 is 2.00 bits per heavy atom. The Bertz CT molecular complexity index is 776. The number of rotatable bonds is 6. The molecule has 2 aromatic heterocycles. The molecule has 0 spiro atoms. The zero-order chi connectivity index (χ0) is 16.2. The summed E-state index contributed by atoms with van der Waals surface area (Å²) in [6.07, 6.45) is 1.83. The summed E-state index contributed by atoms with van der Waals surface area (Å²) in [5, 5.41) is 15.4. The number of nitrogens with one attached hydrogen (secondary N) is 1. The number of nitrogens with zero attached hydrogens (tertiary/aromatic N) is 4. The van der Waals surface area contributed by atoms with Crippen molar-refractivity contribution < 1.29 is 9.15 Å². The zero-order valence-electron chi connectivity index (χ0n) is 13.4. The molecule has 7 nitrogen and oxygen atoms in total. The summed E-state index contributed by atoms with van der Waals surface area (Å²) >= 11 is 0. The maximum atomic E-state index is 5.64. The number of aromatic nitrogens is 4. The normalized spacial score (nSPS) is 10.7. The maximum Gasteiger partial charge on any atom is 0.316 e. The SMILES string of the molecule is CCOc1ccc(-c2nnc(NCc3cnn(C)c3C)o2)cc1. The van der Waals surface area contributed by atoms with Crippen molar-refractivity contribution in [1.82, 2.24) is 20.0 Å². The lowest BCUT2D eigenvalue weighted by molar-refractivity contribution is 0.340. The molecule has 0 aliphatic rings. The van der Waals surface area contributed by atoms with E-state index in [9.17, 15) is 0 Å². The highest BCUT2D eigenvalue weighted by atomic mass is 16.5. The molecule has 3 aromatic rings. The van der Waals surface area contributed by atoms with Gasteiger partial charge in [-0.05, 0) is 38.1 Å². The summed E-state index contributed by atoms with van der Waals surface area (Å²) in [5.74, 6) is 1.29. The fourth-order valence-electron chi connectivity index (χ4n) is 2.16. The number of hydrogen-bond donors (Lipinski definition) is 1. The lowest BCUT2D eigenvalue weighted by Crippen LogP contribution is -2.01. The van der Waals surface area contributed by atoms with E-state index in [0.29, 0.717) is 25.1 Å². The molecular weight excluding hydrogens is 294 g/mol. The third-order valence-electron chi connectivity index (χ3n) is 3.60. The van der Waals surface area contributed by atoms with Crippen LogP contribution in [0.5, 0.6) is 5.75 Å². The van der Waals surface area contributed by atoms with E-state index < -0.39 is 0 Å². The Kier molecular flexibility index (Phi) is 4.27. The first-order valence-corrected chi connectivity index (χ1v) is 7.45. The third kappa shape index (κ3) is 3.33. The van der Waals surface area contributed by atoms with Crippen LogP contribution in [0.4, 0.5) is 6.01 Å². The first kappa shape index (κ1) is 15.1. The van der Waals surface area contributed by atoms with Crippen LogP contribution in [0.25, 0.3) is 11.5 Å². The van der Waals surface area contributed by atoms with Gasteiger partial charge in [0.25, 0.3) is 0 Å². The van der Waals surface area contributed by atoms with Crippen LogP contribution in [0.1, 0.15) is 18.2 Å². The van der Waals surface area contributed by atoms with Gasteiger partial charge in [0.1, 0.15) is 5.75 Å². The van der Waals surface area contributed by atoms with Crippen molar-refractivity contribution in [1.29, 1.82) is 0 Å². The zero-order valence-corrected chi connectivity index (χ0v) is 13.4. The molecule has 0 aliphatic heterocycles. The lowest BCUT2D eigenvalue weighted by Gasteiger charge is -2.02. The average Bonchev–Trinajstić information content (AvgIpc) is 3.15. The maximum absolute atomic E-state index is 5.64. The lowest BCUT2D eigenvalue weighted by atomic mass is 10.2. The summed E-state index contributed by atoms with van der Waals surface area (Å²) < 4.78 is 12.9. The molecule has 1 N–H and O–H groups in total. The van der Waals surface area contributed by atoms with Crippen LogP contribution >= 0.6 is 0 Å². The van der Waals surface area contributed by atoms with Crippen molar-refractivity contribution in [3.8, 4) is 17.2 Å². The topological polar surface area (TPSA) is 78.0 Å². The molecule has 1 aromatic carbocycles. The molecular formula is C16H19N5O2. The van der Waals surface area contributed by atoms with E-state index in [-0.39, 0.29) is 0 Å². The van der Waals surface area contributed by atoms with E-state index in [0.717, 1.165) is 22.6 Å². The van der Waals surface area contributed by atoms with E-state index in [4.69, 9.17) is 9.15 Å². The van der Waals surface area contributed by atoms with Crippen LogP contribution in [-0.2, 0) is 13.6 Å². The minimum absolute atomic E-state index is 0.386. The van der Waals surface area contributed by atoms with E-state index in [2.05, 4.69) is 20.6 Å². The molecule has 23 heavy (non-hydrogen) atoms. The smallest absolute Gasteiger partial charge is 0.316 e. The molecule has 0 unspecified atom stereocenters. The Balaban J connectivity index is 1.66. The first-order valence-electron chi connectivity index (χ1n) is 7.45. The molecule has 0 radical (unpaired) electrons. The fraction of sp³-hybridized carbons (Fsp3) is 0.312. The van der Waals surface area contributed by atoms with Gasteiger partial charge in [-0.2, -0.15) is 5.10 Å². The monoisotopic (exact) mass is 313 g/mol. The van der Waals surface area contributed by atoms with E-state index in [1.165, 1.54) is 0 Å². The van der Waals surface area contributed by atoms with Gasteiger partial charge in [-0.1, -0.05) is 5.10 Å². The molecule has 0 saturated carbocycles. The van der Waals surface area contributed by atoms with E-state index in [1.54, 1.807) is 0 Å². The quantitative estimate of drug-likeness (QED) is 0.754. The second-order valence-corrected chi connectivity index (χ2v) is 5.10. The molecule has 3 rings (SSSR count). The standard InChI is InChI=1S/C16H19N5O2/c1-4-22-14-7-5-12(6-8-14)15-19-20-16(23-15)17-9-13-10-18-21(3)11(13)2/h5-8,10H,4,9H2,1-3H3,(H,17,20). The Hall–Kier alpha value is -2.83. The van der Waals surface area contributed by atoms with Gasteiger partial charge in [0.05, 0.1) is 12.8 Å². The number of benzene rings is 1. The minimum atomic E-state index is 0.386. The van der Waals surface area contributed by atoms with Gasteiger partial charge in [-0.25, -0.2) is 0 Å². The van der Waals surface area contributed by atoms with Crippen molar-refractivity contribution in [2.75, 3.05) is 11.9 Å². The van der Waals surface area contributed by atoms with Gasteiger partial charge < -0.3 is 14.5 Å². The Morgan fingerprint density at radius 3 is 2.65 bits per heavy atom. The van der Waals surface area contributed by atoms with Crippen LogP contribution in [0.3, 0.4) is 0 Å². The third-order valence-corrected chi connectivity index (χ3v) is 3.60. The average molecular weight is 313 g/mol. The largest absolute Gasteiger partial charge is 0.494 e. The molecule has 2 heterocycles. The number of ether oxygens (including phenoxy) is 1. The molecule has 7 heteroatoms. The van der Waals surface area contributed by atoms with Gasteiger partial charge in [0, 0.05) is 30.4 Å². The van der Waals surface area contributed by atoms with Crippen LogP contribution in [-0.4, -0.2) is 26.6 Å². The summed E-state index contributed by atoms with van der Waals surface area (Å²) in [6, 6.07) is 7.95. The molecule has 0 aliphatic carbocycles. The highest BCUT2D eigenvalue weighted by Crippen LogP contribution is 2.23. The van der Waals surface area contributed by atoms with Crippen LogP contribution < -0.4 is 10.1 Å². The van der Waals surface area contributed by atoms with Gasteiger partial charge >= 0.3 is 6.01 Å². The van der Waals surface area contributed by atoms with E-state index in [1.807, 2.05) is 56.0 Å². The van der Waals surface area contributed by atoms with Crippen molar-refractivity contribution in [3.05, 3.63) is 41.7 Å². The molecule has 0 fully saturated rings. The van der Waals surface area contributed by atoms with Crippen molar-refractivity contribution in [2.45, 2.75) is 20.4 Å². The summed E-state index contributed by atoms with van der Waals surface area (Å²) in [7, 11) is 1.91. The molecule has 0 atom stereocenters. The van der Waals surface area contributed by atoms with Crippen LogP contribution in [0, 0.1) is 6.92 Å². The highest BCUT2D eigenvalue weighted by molar-refractivity contribution is 5.54. The summed E-state index contributed by atoms with van der Waals surface area (Å²) in [6.45, 7) is 5.20. The van der Waals surface area contributed by atoms with Crippen LogP contribution in [0.2, 0.25) is 0 Å². The molecule has 0 amide bonds.